The first-order chi connectivity index (χ1) is 12.6. The largest absolute Gasteiger partial charge is 0.497 e. The van der Waals surface area contributed by atoms with Crippen molar-refractivity contribution in [3.05, 3.63) is 83.9 Å². The van der Waals surface area contributed by atoms with E-state index in [0.717, 1.165) is 11.3 Å². The van der Waals surface area contributed by atoms with Crippen LogP contribution in [0, 0.1) is 5.82 Å². The summed E-state index contributed by atoms with van der Waals surface area (Å²) >= 11 is 0. The molecular weight excluding hydrogens is 333 g/mol. The number of pyridine rings is 1. The summed E-state index contributed by atoms with van der Waals surface area (Å²) < 4.78 is 18.0. The summed E-state index contributed by atoms with van der Waals surface area (Å²) in [6.45, 7) is 0.539. The van der Waals surface area contributed by atoms with Crippen LogP contribution in [0.25, 0.3) is 0 Å². The summed E-state index contributed by atoms with van der Waals surface area (Å²) in [6.07, 6.45) is 1.59. The minimum atomic E-state index is -0.302. The summed E-state index contributed by atoms with van der Waals surface area (Å²) in [7, 11) is 1.57. The van der Waals surface area contributed by atoms with Crippen LogP contribution in [0.2, 0.25) is 0 Å². The fourth-order valence-corrected chi connectivity index (χ4v) is 2.34. The highest BCUT2D eigenvalue weighted by Crippen LogP contribution is 2.17. The van der Waals surface area contributed by atoms with Crippen LogP contribution in [0.15, 0.2) is 66.9 Å². The SMILES string of the molecule is COc1cccc(NC(=O)c2ccc(NCc3ccc(F)cc3)cn2)c1. The van der Waals surface area contributed by atoms with Gasteiger partial charge in [0.15, 0.2) is 0 Å². The molecule has 0 spiro atoms. The predicted molar refractivity (Wildman–Crippen MR) is 98.9 cm³/mol. The Balaban J connectivity index is 1.59. The van der Waals surface area contributed by atoms with Crippen LogP contribution >= 0.6 is 0 Å². The maximum absolute atomic E-state index is 12.9. The second kappa shape index (κ2) is 8.11. The molecule has 3 aromatic rings. The number of carbonyl (C=O) groups is 1. The highest BCUT2D eigenvalue weighted by Gasteiger charge is 2.08. The van der Waals surface area contributed by atoms with Gasteiger partial charge in [-0.3, -0.25) is 4.79 Å². The van der Waals surface area contributed by atoms with Gasteiger partial charge in [0.2, 0.25) is 0 Å². The van der Waals surface area contributed by atoms with Crippen molar-refractivity contribution in [1.29, 1.82) is 0 Å². The monoisotopic (exact) mass is 351 g/mol. The summed E-state index contributed by atoms with van der Waals surface area (Å²) in [6, 6.07) is 16.8. The Hall–Kier alpha value is -3.41. The zero-order chi connectivity index (χ0) is 18.4. The third-order valence-corrected chi connectivity index (χ3v) is 3.73. The van der Waals surface area contributed by atoms with E-state index >= 15 is 0 Å². The molecule has 1 aromatic heterocycles. The Kier molecular flexibility index (Phi) is 5.43. The van der Waals surface area contributed by atoms with E-state index in [1.165, 1.54) is 12.1 Å². The van der Waals surface area contributed by atoms with E-state index in [9.17, 15) is 9.18 Å². The Labute approximate surface area is 150 Å². The van der Waals surface area contributed by atoms with E-state index in [0.29, 0.717) is 23.7 Å². The van der Waals surface area contributed by atoms with Crippen LogP contribution in [-0.2, 0) is 6.54 Å². The number of methoxy groups -OCH3 is 1. The van der Waals surface area contributed by atoms with Crippen molar-refractivity contribution in [2.24, 2.45) is 0 Å². The number of hydrogen-bond donors (Lipinski definition) is 2. The van der Waals surface area contributed by atoms with Gasteiger partial charge in [0.05, 0.1) is 19.0 Å². The third kappa shape index (κ3) is 4.57. The van der Waals surface area contributed by atoms with Crippen LogP contribution in [-0.4, -0.2) is 18.0 Å². The van der Waals surface area contributed by atoms with Gasteiger partial charge >= 0.3 is 0 Å². The summed E-state index contributed by atoms with van der Waals surface area (Å²) in [4.78, 5) is 16.4. The van der Waals surface area contributed by atoms with E-state index in [1.54, 1.807) is 61.8 Å². The molecule has 0 aliphatic rings. The standard InChI is InChI=1S/C20H18FN3O2/c1-26-18-4-2-3-16(11-18)24-20(25)19-10-9-17(13-23-19)22-12-14-5-7-15(21)8-6-14/h2-11,13,22H,12H2,1H3,(H,24,25). The Morgan fingerprint density at radius 2 is 1.88 bits per heavy atom. The van der Waals surface area contributed by atoms with Gasteiger partial charge in [-0.1, -0.05) is 18.2 Å². The van der Waals surface area contributed by atoms with Gasteiger partial charge in [-0.2, -0.15) is 0 Å². The van der Waals surface area contributed by atoms with E-state index in [2.05, 4.69) is 15.6 Å². The number of rotatable bonds is 6. The van der Waals surface area contributed by atoms with Crippen molar-refractivity contribution in [2.45, 2.75) is 6.54 Å². The Bertz CT molecular complexity index is 880. The second-order valence-electron chi connectivity index (χ2n) is 5.60. The normalized spacial score (nSPS) is 10.2. The number of halogens is 1. The van der Waals surface area contributed by atoms with Crippen molar-refractivity contribution in [3.8, 4) is 5.75 Å². The molecule has 0 saturated carbocycles. The van der Waals surface area contributed by atoms with Gasteiger partial charge in [-0.05, 0) is 42.0 Å². The maximum atomic E-state index is 12.9. The van der Waals surface area contributed by atoms with Crippen LogP contribution < -0.4 is 15.4 Å². The summed E-state index contributed by atoms with van der Waals surface area (Å²) in [5.41, 5.74) is 2.66. The summed E-state index contributed by atoms with van der Waals surface area (Å²) in [5, 5.41) is 5.96. The molecule has 1 amide bonds. The quantitative estimate of drug-likeness (QED) is 0.702. The van der Waals surface area contributed by atoms with Crippen LogP contribution in [0.5, 0.6) is 5.75 Å². The molecule has 0 aliphatic heterocycles. The van der Waals surface area contributed by atoms with Crippen molar-refractivity contribution >= 4 is 17.3 Å². The van der Waals surface area contributed by atoms with Gasteiger partial charge < -0.3 is 15.4 Å². The molecule has 2 N–H and O–H groups in total. The van der Waals surface area contributed by atoms with Gasteiger partial charge in [0.25, 0.3) is 5.91 Å². The highest BCUT2D eigenvalue weighted by atomic mass is 19.1. The first-order valence-corrected chi connectivity index (χ1v) is 8.04. The van der Waals surface area contributed by atoms with Crippen molar-refractivity contribution in [3.63, 3.8) is 0 Å². The zero-order valence-corrected chi connectivity index (χ0v) is 14.2. The molecule has 2 aromatic carbocycles. The average Bonchev–Trinajstić information content (AvgIpc) is 2.68. The lowest BCUT2D eigenvalue weighted by Gasteiger charge is -2.08. The van der Waals surface area contributed by atoms with Crippen LogP contribution in [0.3, 0.4) is 0 Å². The Morgan fingerprint density at radius 1 is 1.08 bits per heavy atom. The molecule has 132 valence electrons. The molecule has 0 bridgehead atoms. The first-order valence-electron chi connectivity index (χ1n) is 8.04. The second-order valence-corrected chi connectivity index (χ2v) is 5.60. The molecule has 0 unspecified atom stereocenters. The molecule has 0 atom stereocenters. The number of ether oxygens (including phenoxy) is 1. The lowest BCUT2D eigenvalue weighted by molar-refractivity contribution is 0.102. The summed E-state index contributed by atoms with van der Waals surface area (Å²) in [5.74, 6) is 0.0984. The lowest BCUT2D eigenvalue weighted by Crippen LogP contribution is -2.13. The molecule has 0 radical (unpaired) electrons. The number of hydrogen-bond acceptors (Lipinski definition) is 4. The first kappa shape index (κ1) is 17.4. The molecule has 0 fully saturated rings. The van der Waals surface area contributed by atoms with Gasteiger partial charge in [0, 0.05) is 18.3 Å². The average molecular weight is 351 g/mol. The number of amides is 1. The van der Waals surface area contributed by atoms with E-state index in [-0.39, 0.29) is 11.7 Å². The molecule has 3 rings (SSSR count). The molecule has 5 nitrogen and oxygen atoms in total. The van der Waals surface area contributed by atoms with Gasteiger partial charge in [-0.15, -0.1) is 0 Å². The third-order valence-electron chi connectivity index (χ3n) is 3.73. The molecule has 26 heavy (non-hydrogen) atoms. The highest BCUT2D eigenvalue weighted by molar-refractivity contribution is 6.03. The number of aromatic nitrogens is 1. The van der Waals surface area contributed by atoms with Gasteiger partial charge in [0.1, 0.15) is 17.3 Å². The van der Waals surface area contributed by atoms with Crippen LogP contribution in [0.1, 0.15) is 16.1 Å². The van der Waals surface area contributed by atoms with Crippen molar-refractivity contribution in [2.75, 3.05) is 17.7 Å². The molecule has 0 saturated heterocycles. The number of benzene rings is 2. The molecule has 6 heteroatoms. The molecule has 1 heterocycles. The van der Waals surface area contributed by atoms with Gasteiger partial charge in [-0.25, -0.2) is 9.37 Å². The Morgan fingerprint density at radius 3 is 2.58 bits per heavy atom. The zero-order valence-electron chi connectivity index (χ0n) is 14.2. The predicted octanol–water partition coefficient (Wildman–Crippen LogP) is 4.09. The number of nitrogens with one attached hydrogen (secondary N) is 2. The minimum Gasteiger partial charge on any atom is -0.497 e. The topological polar surface area (TPSA) is 63.2 Å². The number of anilines is 2. The van der Waals surface area contributed by atoms with E-state index < -0.39 is 0 Å². The fourth-order valence-electron chi connectivity index (χ4n) is 2.34. The number of nitrogens with zero attached hydrogens (tertiary/aromatic N) is 1. The van der Waals surface area contributed by atoms with Crippen LogP contribution in [0.4, 0.5) is 15.8 Å². The molecular formula is C20H18FN3O2. The fraction of sp³-hybridized carbons (Fsp3) is 0.100. The lowest BCUT2D eigenvalue weighted by atomic mass is 10.2. The van der Waals surface area contributed by atoms with E-state index in [4.69, 9.17) is 4.74 Å². The smallest absolute Gasteiger partial charge is 0.274 e. The molecule has 0 aliphatic carbocycles. The number of carbonyl (C=O) groups excluding carboxylic acids is 1. The van der Waals surface area contributed by atoms with E-state index in [1.807, 2.05) is 0 Å². The minimum absolute atomic E-state index is 0.262. The maximum Gasteiger partial charge on any atom is 0.274 e. The van der Waals surface area contributed by atoms with Crippen molar-refractivity contribution < 1.29 is 13.9 Å². The van der Waals surface area contributed by atoms with Crippen molar-refractivity contribution in [1.82, 2.24) is 4.98 Å².